The Labute approximate surface area is 157 Å². The van der Waals surface area contributed by atoms with Crippen molar-refractivity contribution in [3.63, 3.8) is 0 Å². The average molecular weight is 372 g/mol. The molecule has 0 fully saturated rings. The molecule has 144 valence electrons. The molecular formula is C19H25FN6O. The summed E-state index contributed by atoms with van der Waals surface area (Å²) in [7, 11) is 1.85. The lowest BCUT2D eigenvalue weighted by molar-refractivity contribution is 0.366. The SMILES string of the molecule is CN(CCCNc1nc2c(cnn2C(C)(C)C)c(=O)[nH]1)c1ccccc1F. The molecule has 2 heterocycles. The number of benzene rings is 1. The van der Waals surface area contributed by atoms with Crippen molar-refractivity contribution < 1.29 is 4.39 Å². The molecule has 0 amide bonds. The predicted molar refractivity (Wildman–Crippen MR) is 106 cm³/mol. The van der Waals surface area contributed by atoms with E-state index in [1.807, 2.05) is 38.8 Å². The lowest BCUT2D eigenvalue weighted by Crippen LogP contribution is -2.25. The number of anilines is 2. The number of hydrogen-bond donors (Lipinski definition) is 2. The number of H-pyrrole nitrogens is 1. The summed E-state index contributed by atoms with van der Waals surface area (Å²) in [6.07, 6.45) is 2.30. The summed E-state index contributed by atoms with van der Waals surface area (Å²) in [5.74, 6) is 0.173. The van der Waals surface area contributed by atoms with Crippen LogP contribution in [-0.2, 0) is 5.54 Å². The molecule has 0 saturated heterocycles. The second-order valence-electron chi connectivity index (χ2n) is 7.53. The fraction of sp³-hybridized carbons (Fsp3) is 0.421. The number of para-hydroxylation sites is 1. The second kappa shape index (κ2) is 7.38. The number of fused-ring (bicyclic) bond motifs is 1. The van der Waals surface area contributed by atoms with Gasteiger partial charge in [-0.25, -0.2) is 9.07 Å². The molecule has 2 N–H and O–H groups in total. The molecule has 0 saturated carbocycles. The van der Waals surface area contributed by atoms with E-state index in [0.29, 0.717) is 35.8 Å². The molecule has 0 aliphatic heterocycles. The van der Waals surface area contributed by atoms with Gasteiger partial charge in [0.25, 0.3) is 5.56 Å². The first kappa shape index (κ1) is 18.9. The van der Waals surface area contributed by atoms with Crippen LogP contribution in [0.4, 0.5) is 16.0 Å². The summed E-state index contributed by atoms with van der Waals surface area (Å²) in [6, 6.07) is 6.69. The molecule has 3 aromatic rings. The van der Waals surface area contributed by atoms with Crippen LogP contribution >= 0.6 is 0 Å². The quantitative estimate of drug-likeness (QED) is 0.651. The maximum absolute atomic E-state index is 13.8. The van der Waals surface area contributed by atoms with Gasteiger partial charge in [0.05, 0.1) is 17.4 Å². The van der Waals surface area contributed by atoms with Crippen molar-refractivity contribution in [1.82, 2.24) is 19.7 Å². The minimum Gasteiger partial charge on any atom is -0.372 e. The first-order valence-corrected chi connectivity index (χ1v) is 8.95. The van der Waals surface area contributed by atoms with Gasteiger partial charge in [-0.3, -0.25) is 9.78 Å². The minimum absolute atomic E-state index is 0.221. The maximum atomic E-state index is 13.8. The molecule has 0 unspecified atom stereocenters. The number of aromatic amines is 1. The van der Waals surface area contributed by atoms with E-state index in [1.54, 1.807) is 23.0 Å². The zero-order valence-electron chi connectivity index (χ0n) is 16.1. The predicted octanol–water partition coefficient (Wildman–Crippen LogP) is 2.95. The highest BCUT2D eigenvalue weighted by Crippen LogP contribution is 2.19. The molecular weight excluding hydrogens is 347 g/mol. The lowest BCUT2D eigenvalue weighted by atomic mass is 10.1. The lowest BCUT2D eigenvalue weighted by Gasteiger charge is -2.20. The van der Waals surface area contributed by atoms with Gasteiger partial charge in [-0.05, 0) is 39.3 Å². The molecule has 0 radical (unpaired) electrons. The first-order valence-electron chi connectivity index (χ1n) is 8.95. The molecule has 0 aliphatic rings. The molecule has 27 heavy (non-hydrogen) atoms. The van der Waals surface area contributed by atoms with Crippen molar-refractivity contribution in [2.45, 2.75) is 32.7 Å². The number of nitrogens with one attached hydrogen (secondary N) is 2. The zero-order valence-corrected chi connectivity index (χ0v) is 16.1. The average Bonchev–Trinajstić information content (AvgIpc) is 3.04. The number of aromatic nitrogens is 4. The fourth-order valence-electron chi connectivity index (χ4n) is 2.90. The third kappa shape index (κ3) is 4.10. The summed E-state index contributed by atoms with van der Waals surface area (Å²) in [6.45, 7) is 7.28. The molecule has 0 atom stereocenters. The van der Waals surface area contributed by atoms with E-state index in [2.05, 4.69) is 20.4 Å². The van der Waals surface area contributed by atoms with Crippen LogP contribution in [0.3, 0.4) is 0 Å². The monoisotopic (exact) mass is 372 g/mol. The highest BCUT2D eigenvalue weighted by atomic mass is 19.1. The summed E-state index contributed by atoms with van der Waals surface area (Å²) in [5, 5.41) is 7.90. The first-order chi connectivity index (χ1) is 12.8. The highest BCUT2D eigenvalue weighted by molar-refractivity contribution is 5.74. The van der Waals surface area contributed by atoms with Crippen LogP contribution in [0, 0.1) is 5.82 Å². The van der Waals surface area contributed by atoms with E-state index in [-0.39, 0.29) is 16.9 Å². The summed E-state index contributed by atoms with van der Waals surface area (Å²) in [4.78, 5) is 21.4. The third-order valence-electron chi connectivity index (χ3n) is 4.30. The topological polar surface area (TPSA) is 78.8 Å². The van der Waals surface area contributed by atoms with E-state index in [4.69, 9.17) is 0 Å². The van der Waals surface area contributed by atoms with E-state index in [9.17, 15) is 9.18 Å². The van der Waals surface area contributed by atoms with E-state index < -0.39 is 0 Å². The van der Waals surface area contributed by atoms with Crippen LogP contribution in [0.5, 0.6) is 0 Å². The van der Waals surface area contributed by atoms with Crippen LogP contribution in [0.15, 0.2) is 35.3 Å². The Kier molecular flexibility index (Phi) is 5.16. The molecule has 8 heteroatoms. The normalized spacial score (nSPS) is 11.7. The van der Waals surface area contributed by atoms with E-state index >= 15 is 0 Å². The van der Waals surface area contributed by atoms with Crippen molar-refractivity contribution in [2.75, 3.05) is 30.4 Å². The Morgan fingerprint density at radius 1 is 1.30 bits per heavy atom. The van der Waals surface area contributed by atoms with Crippen LogP contribution in [0.25, 0.3) is 11.0 Å². The van der Waals surface area contributed by atoms with Crippen molar-refractivity contribution in [3.05, 3.63) is 46.6 Å². The van der Waals surface area contributed by atoms with Gasteiger partial charge < -0.3 is 10.2 Å². The fourth-order valence-corrected chi connectivity index (χ4v) is 2.90. The molecule has 3 rings (SSSR count). The van der Waals surface area contributed by atoms with Gasteiger partial charge in [-0.2, -0.15) is 10.1 Å². The summed E-state index contributed by atoms with van der Waals surface area (Å²) < 4.78 is 15.5. The summed E-state index contributed by atoms with van der Waals surface area (Å²) in [5.41, 5.74) is 0.626. The van der Waals surface area contributed by atoms with Crippen molar-refractivity contribution in [1.29, 1.82) is 0 Å². The number of hydrogen-bond acceptors (Lipinski definition) is 5. The number of nitrogens with zero attached hydrogens (tertiary/aromatic N) is 4. The van der Waals surface area contributed by atoms with Gasteiger partial charge in [0.2, 0.25) is 5.95 Å². The Balaban J connectivity index is 1.65. The van der Waals surface area contributed by atoms with Crippen molar-refractivity contribution in [2.24, 2.45) is 0 Å². The van der Waals surface area contributed by atoms with Gasteiger partial charge in [-0.15, -0.1) is 0 Å². The molecule has 0 spiro atoms. The number of halogens is 1. The van der Waals surface area contributed by atoms with E-state index in [1.165, 1.54) is 6.07 Å². The zero-order chi connectivity index (χ0) is 19.6. The minimum atomic E-state index is -0.276. The maximum Gasteiger partial charge on any atom is 0.263 e. The van der Waals surface area contributed by atoms with Crippen LogP contribution in [0.2, 0.25) is 0 Å². The second-order valence-corrected chi connectivity index (χ2v) is 7.53. The van der Waals surface area contributed by atoms with Crippen molar-refractivity contribution in [3.8, 4) is 0 Å². The standard InChI is InChI=1S/C19H25FN6O/c1-19(2,3)26-16-13(12-22-26)17(27)24-18(23-16)21-10-7-11-25(4)15-9-6-5-8-14(15)20/h5-6,8-9,12H,7,10-11H2,1-4H3,(H2,21,23,24,27). The van der Waals surface area contributed by atoms with Gasteiger partial charge in [-0.1, -0.05) is 12.1 Å². The molecule has 1 aromatic carbocycles. The molecule has 2 aromatic heterocycles. The van der Waals surface area contributed by atoms with Gasteiger partial charge in [0.1, 0.15) is 11.2 Å². The molecule has 7 nitrogen and oxygen atoms in total. The number of rotatable bonds is 6. The van der Waals surface area contributed by atoms with Crippen LogP contribution in [0.1, 0.15) is 27.2 Å². The van der Waals surface area contributed by atoms with Crippen LogP contribution < -0.4 is 15.8 Å². The summed E-state index contributed by atoms with van der Waals surface area (Å²) >= 11 is 0. The highest BCUT2D eigenvalue weighted by Gasteiger charge is 2.19. The van der Waals surface area contributed by atoms with Crippen molar-refractivity contribution >= 4 is 22.7 Å². The van der Waals surface area contributed by atoms with Gasteiger partial charge >= 0.3 is 0 Å². The van der Waals surface area contributed by atoms with Crippen LogP contribution in [-0.4, -0.2) is 39.9 Å². The van der Waals surface area contributed by atoms with E-state index in [0.717, 1.165) is 6.42 Å². The molecule has 0 aliphatic carbocycles. The van der Waals surface area contributed by atoms with Gasteiger partial charge in [0.15, 0.2) is 5.65 Å². The Morgan fingerprint density at radius 3 is 2.74 bits per heavy atom. The third-order valence-corrected chi connectivity index (χ3v) is 4.30. The Bertz CT molecular complexity index is 988. The largest absolute Gasteiger partial charge is 0.372 e. The Morgan fingerprint density at radius 2 is 2.04 bits per heavy atom. The van der Waals surface area contributed by atoms with Gasteiger partial charge in [0, 0.05) is 20.1 Å². The smallest absolute Gasteiger partial charge is 0.263 e. The Hall–Kier alpha value is -2.90. The molecule has 0 bridgehead atoms.